The quantitative estimate of drug-likeness (QED) is 0.571. The SMILES string of the molecule is CC1=CC(=O)C=C2C(O)C[C@H]3[C@@H]4CC[C@](O)(C(=O)CO)[C@@]4(C)CC(Cl)[C@]3(Cl)[C@@]12C. The molecule has 0 aromatic rings. The third-order valence-electron chi connectivity index (χ3n) is 8.89. The maximum atomic E-state index is 12.5. The van der Waals surface area contributed by atoms with Gasteiger partial charge in [-0.3, -0.25) is 9.59 Å². The molecule has 160 valence electrons. The predicted molar refractivity (Wildman–Crippen MR) is 110 cm³/mol. The van der Waals surface area contributed by atoms with Crippen LogP contribution < -0.4 is 0 Å². The maximum absolute atomic E-state index is 12.5. The second kappa shape index (κ2) is 6.39. The van der Waals surface area contributed by atoms with Crippen molar-refractivity contribution in [2.75, 3.05) is 6.61 Å². The van der Waals surface area contributed by atoms with Gasteiger partial charge in [0.2, 0.25) is 0 Å². The van der Waals surface area contributed by atoms with Gasteiger partial charge in [-0.1, -0.05) is 19.4 Å². The third kappa shape index (κ3) is 2.34. The Morgan fingerprint density at radius 1 is 1.28 bits per heavy atom. The number of fused-ring (bicyclic) bond motifs is 5. The van der Waals surface area contributed by atoms with E-state index in [0.717, 1.165) is 5.57 Å². The van der Waals surface area contributed by atoms with Crippen molar-refractivity contribution in [3.8, 4) is 0 Å². The molecule has 29 heavy (non-hydrogen) atoms. The van der Waals surface area contributed by atoms with Crippen LogP contribution in [0.4, 0.5) is 0 Å². The summed E-state index contributed by atoms with van der Waals surface area (Å²) in [5.74, 6) is -1.16. The van der Waals surface area contributed by atoms with Crippen LogP contribution in [0.2, 0.25) is 0 Å². The molecule has 0 heterocycles. The lowest BCUT2D eigenvalue weighted by molar-refractivity contribution is -0.163. The van der Waals surface area contributed by atoms with Crippen molar-refractivity contribution < 1.29 is 24.9 Å². The van der Waals surface area contributed by atoms with Gasteiger partial charge in [-0.15, -0.1) is 23.2 Å². The lowest BCUT2D eigenvalue weighted by atomic mass is 9.44. The summed E-state index contributed by atoms with van der Waals surface area (Å²) in [6.07, 6.45) is 3.61. The number of ketones is 2. The lowest BCUT2D eigenvalue weighted by Crippen LogP contribution is -2.69. The fourth-order valence-corrected chi connectivity index (χ4v) is 8.42. The van der Waals surface area contributed by atoms with E-state index in [1.54, 1.807) is 6.08 Å². The molecule has 8 atom stereocenters. The fourth-order valence-electron chi connectivity index (χ4n) is 7.14. The molecular formula is C22H28Cl2O5. The first-order valence-corrected chi connectivity index (χ1v) is 11.0. The molecule has 3 fully saturated rings. The topological polar surface area (TPSA) is 94.8 Å². The Morgan fingerprint density at radius 2 is 1.93 bits per heavy atom. The van der Waals surface area contributed by atoms with E-state index in [0.29, 0.717) is 24.8 Å². The average molecular weight is 443 g/mol. The number of Topliss-reactive ketones (excluding diaryl/α,β-unsaturated/α-hetero) is 1. The number of alkyl halides is 2. The zero-order valence-corrected chi connectivity index (χ0v) is 18.4. The largest absolute Gasteiger partial charge is 0.389 e. The predicted octanol–water partition coefficient (Wildman–Crippen LogP) is 2.53. The van der Waals surface area contributed by atoms with Gasteiger partial charge >= 0.3 is 0 Å². The van der Waals surface area contributed by atoms with Crippen molar-refractivity contribution in [2.45, 2.75) is 68.4 Å². The molecule has 0 bridgehead atoms. The van der Waals surface area contributed by atoms with Gasteiger partial charge in [0.05, 0.1) is 16.4 Å². The van der Waals surface area contributed by atoms with Crippen LogP contribution in [0.3, 0.4) is 0 Å². The molecule has 3 saturated carbocycles. The molecule has 5 nitrogen and oxygen atoms in total. The highest BCUT2D eigenvalue weighted by atomic mass is 35.5. The Morgan fingerprint density at radius 3 is 2.55 bits per heavy atom. The molecule has 0 radical (unpaired) electrons. The van der Waals surface area contributed by atoms with E-state index < -0.39 is 45.2 Å². The van der Waals surface area contributed by atoms with Crippen molar-refractivity contribution in [1.29, 1.82) is 0 Å². The summed E-state index contributed by atoms with van der Waals surface area (Å²) in [6, 6.07) is 0. The van der Waals surface area contributed by atoms with Crippen LogP contribution in [-0.4, -0.2) is 55.4 Å². The second-order valence-electron chi connectivity index (χ2n) is 9.76. The monoisotopic (exact) mass is 442 g/mol. The average Bonchev–Trinajstić information content (AvgIpc) is 2.91. The normalized spacial score (nSPS) is 51.5. The van der Waals surface area contributed by atoms with Crippen LogP contribution >= 0.6 is 23.2 Å². The van der Waals surface area contributed by atoms with Gasteiger partial charge in [-0.25, -0.2) is 0 Å². The van der Waals surface area contributed by atoms with E-state index in [9.17, 15) is 24.9 Å². The van der Waals surface area contributed by atoms with Crippen molar-refractivity contribution in [2.24, 2.45) is 22.7 Å². The van der Waals surface area contributed by atoms with Gasteiger partial charge in [0.15, 0.2) is 11.6 Å². The number of hydrogen-bond donors (Lipinski definition) is 3. The molecular weight excluding hydrogens is 415 g/mol. The summed E-state index contributed by atoms with van der Waals surface area (Å²) in [5, 5.41) is 31.2. The zero-order chi connectivity index (χ0) is 21.6. The molecule has 0 saturated heterocycles. The third-order valence-corrected chi connectivity index (χ3v) is 10.4. The van der Waals surface area contributed by atoms with Crippen LogP contribution in [-0.2, 0) is 9.59 Å². The van der Waals surface area contributed by atoms with E-state index in [-0.39, 0.29) is 24.0 Å². The molecule has 0 spiro atoms. The Hall–Kier alpha value is -0.720. The van der Waals surface area contributed by atoms with Gasteiger partial charge in [0.1, 0.15) is 12.2 Å². The van der Waals surface area contributed by atoms with Crippen LogP contribution in [0.5, 0.6) is 0 Å². The summed E-state index contributed by atoms with van der Waals surface area (Å²) in [5.41, 5.74) is -1.94. The number of aliphatic hydroxyl groups excluding tert-OH is 2. The lowest BCUT2D eigenvalue weighted by Gasteiger charge is -2.65. The molecule has 4 aliphatic rings. The number of hydrogen-bond acceptors (Lipinski definition) is 5. The van der Waals surface area contributed by atoms with E-state index in [1.165, 1.54) is 6.08 Å². The minimum absolute atomic E-state index is 0.144. The molecule has 4 rings (SSSR count). The van der Waals surface area contributed by atoms with Gasteiger partial charge in [0, 0.05) is 10.8 Å². The highest BCUT2D eigenvalue weighted by molar-refractivity contribution is 6.34. The summed E-state index contributed by atoms with van der Waals surface area (Å²) in [7, 11) is 0. The first-order chi connectivity index (χ1) is 13.4. The standard InChI is InChI=1S/C22H28Cl2O5/c1-11-6-12(26)7-15-16(27)8-14-13-4-5-21(29,18(28)10-25)19(13,2)9-17(23)22(14,24)20(11,15)3/h6-7,13-14,16-17,25,27,29H,4-5,8-10H2,1-3H3/t13-,14-,16?,17?,19-,20-,21-,22-/m0/s1. The molecule has 0 aromatic heterocycles. The molecule has 0 amide bonds. The van der Waals surface area contributed by atoms with Crippen molar-refractivity contribution in [1.82, 2.24) is 0 Å². The number of aliphatic hydroxyl groups is 3. The molecule has 0 aromatic carbocycles. The Balaban J connectivity index is 1.87. The van der Waals surface area contributed by atoms with Gasteiger partial charge in [-0.05, 0) is 62.2 Å². The van der Waals surface area contributed by atoms with Crippen LogP contribution in [0.25, 0.3) is 0 Å². The summed E-state index contributed by atoms with van der Waals surface area (Å²) in [6.45, 7) is 4.93. The highest BCUT2D eigenvalue weighted by Crippen LogP contribution is 2.72. The van der Waals surface area contributed by atoms with Crippen molar-refractivity contribution in [3.05, 3.63) is 23.3 Å². The van der Waals surface area contributed by atoms with Crippen molar-refractivity contribution in [3.63, 3.8) is 0 Å². The smallest absolute Gasteiger partial charge is 0.190 e. The zero-order valence-electron chi connectivity index (χ0n) is 16.9. The highest BCUT2D eigenvalue weighted by Gasteiger charge is 2.74. The number of carbonyl (C=O) groups is 2. The Labute approximate surface area is 180 Å². The van der Waals surface area contributed by atoms with E-state index in [4.69, 9.17) is 23.2 Å². The van der Waals surface area contributed by atoms with E-state index in [1.807, 2.05) is 20.8 Å². The van der Waals surface area contributed by atoms with Crippen LogP contribution in [0.1, 0.15) is 46.5 Å². The van der Waals surface area contributed by atoms with E-state index >= 15 is 0 Å². The van der Waals surface area contributed by atoms with Gasteiger partial charge in [0.25, 0.3) is 0 Å². The maximum Gasteiger partial charge on any atom is 0.190 e. The number of rotatable bonds is 2. The van der Waals surface area contributed by atoms with Crippen LogP contribution in [0.15, 0.2) is 23.3 Å². The molecule has 2 unspecified atom stereocenters. The van der Waals surface area contributed by atoms with Crippen molar-refractivity contribution >= 4 is 34.8 Å². The van der Waals surface area contributed by atoms with E-state index in [2.05, 4.69) is 0 Å². The number of allylic oxidation sites excluding steroid dienone is 3. The Kier molecular flexibility index (Phi) is 4.74. The first-order valence-electron chi connectivity index (χ1n) is 10.2. The minimum atomic E-state index is -1.66. The number of halogens is 2. The molecule has 3 N–H and O–H groups in total. The summed E-state index contributed by atoms with van der Waals surface area (Å²) >= 11 is 14.4. The number of carbonyl (C=O) groups excluding carboxylic acids is 2. The molecule has 4 aliphatic carbocycles. The second-order valence-corrected chi connectivity index (χ2v) is 10.9. The summed E-state index contributed by atoms with van der Waals surface area (Å²) in [4.78, 5) is 23.7. The van der Waals surface area contributed by atoms with Crippen LogP contribution in [0, 0.1) is 22.7 Å². The fraction of sp³-hybridized carbons (Fsp3) is 0.727. The minimum Gasteiger partial charge on any atom is -0.389 e. The Bertz CT molecular complexity index is 852. The molecule has 0 aliphatic heterocycles. The first kappa shape index (κ1) is 21.5. The molecule has 7 heteroatoms. The van der Waals surface area contributed by atoms with Gasteiger partial charge < -0.3 is 15.3 Å². The van der Waals surface area contributed by atoms with Gasteiger partial charge in [-0.2, -0.15) is 0 Å². The summed E-state index contributed by atoms with van der Waals surface area (Å²) < 4.78 is 0.